The van der Waals surface area contributed by atoms with Gasteiger partial charge in [0.2, 0.25) is 0 Å². The highest BCUT2D eigenvalue weighted by Gasteiger charge is 1.81. The van der Waals surface area contributed by atoms with Crippen molar-refractivity contribution in [1.82, 2.24) is 4.90 Å². The molecule has 68 valence electrons. The second-order valence-corrected chi connectivity index (χ2v) is 2.89. The Morgan fingerprint density at radius 3 is 2.33 bits per heavy atom. The van der Waals surface area contributed by atoms with E-state index in [1.807, 2.05) is 20.2 Å². The van der Waals surface area contributed by atoms with E-state index < -0.39 is 0 Å². The first-order valence-electron chi connectivity index (χ1n) is 3.57. The van der Waals surface area contributed by atoms with Gasteiger partial charge in [-0.1, -0.05) is 24.3 Å². The van der Waals surface area contributed by atoms with Gasteiger partial charge in [0.25, 0.3) is 0 Å². The number of nitrogens with zero attached hydrogens (tertiary/aromatic N) is 1. The molecule has 0 aromatic rings. The normalized spacial score (nSPS) is 9.00. The molecular formula is C10H16ClN. The molecule has 0 fully saturated rings. The monoisotopic (exact) mass is 185 g/mol. The summed E-state index contributed by atoms with van der Waals surface area (Å²) >= 11 is 5.46. The number of allylic oxidation sites excluding steroid dienone is 2. The van der Waals surface area contributed by atoms with Gasteiger partial charge in [0.05, 0.1) is 0 Å². The third kappa shape index (κ3) is 22.8. The average Bonchev–Trinajstić information content (AvgIpc) is 1.87. The Kier molecular flexibility index (Phi) is 11.9. The third-order valence-electron chi connectivity index (χ3n) is 0.769. The molecule has 1 nitrogen and oxygen atoms in total. The molecule has 0 spiro atoms. The molecule has 0 unspecified atom stereocenters. The SMILES string of the molecule is C#CC.C=C(Cl)/C=C\CN(C)C. The van der Waals surface area contributed by atoms with Gasteiger partial charge in [-0.25, -0.2) is 0 Å². The second kappa shape index (κ2) is 10.3. The van der Waals surface area contributed by atoms with Gasteiger partial charge in [0.15, 0.2) is 0 Å². The Bertz CT molecular complexity index is 175. The number of hydrogen-bond acceptors (Lipinski definition) is 1. The summed E-state index contributed by atoms with van der Waals surface area (Å²) in [5, 5.41) is 0.580. The Morgan fingerprint density at radius 2 is 2.08 bits per heavy atom. The molecule has 0 aliphatic carbocycles. The Labute approximate surface area is 80.7 Å². The van der Waals surface area contributed by atoms with Gasteiger partial charge < -0.3 is 4.90 Å². The van der Waals surface area contributed by atoms with E-state index in [0.29, 0.717) is 5.03 Å². The van der Waals surface area contributed by atoms with Crippen molar-refractivity contribution in [3.63, 3.8) is 0 Å². The van der Waals surface area contributed by atoms with Crippen LogP contribution in [0.25, 0.3) is 0 Å². The molecule has 0 atom stereocenters. The van der Waals surface area contributed by atoms with E-state index in [1.54, 1.807) is 13.0 Å². The molecular weight excluding hydrogens is 170 g/mol. The van der Waals surface area contributed by atoms with E-state index in [-0.39, 0.29) is 0 Å². The summed E-state index contributed by atoms with van der Waals surface area (Å²) in [4.78, 5) is 2.05. The molecule has 2 heteroatoms. The minimum Gasteiger partial charge on any atom is -0.306 e. The predicted octanol–water partition coefficient (Wildman–Crippen LogP) is 2.50. The Morgan fingerprint density at radius 1 is 1.67 bits per heavy atom. The summed E-state index contributed by atoms with van der Waals surface area (Å²) in [6.07, 6.45) is 8.36. The lowest BCUT2D eigenvalue weighted by Crippen LogP contribution is -2.10. The molecule has 0 saturated heterocycles. The van der Waals surface area contributed by atoms with Crippen LogP contribution in [0.15, 0.2) is 23.8 Å². The highest BCUT2D eigenvalue weighted by Crippen LogP contribution is 1.96. The molecule has 0 amide bonds. The summed E-state index contributed by atoms with van der Waals surface area (Å²) < 4.78 is 0. The number of likely N-dealkylation sites (N-methyl/N-ethyl adjacent to an activating group) is 1. The number of hydrogen-bond donors (Lipinski definition) is 0. The molecule has 0 saturated carbocycles. The van der Waals surface area contributed by atoms with Crippen LogP contribution in [0.5, 0.6) is 0 Å². The van der Waals surface area contributed by atoms with Crippen LogP contribution in [0.3, 0.4) is 0 Å². The van der Waals surface area contributed by atoms with Gasteiger partial charge in [-0.2, -0.15) is 0 Å². The van der Waals surface area contributed by atoms with Crippen molar-refractivity contribution in [2.24, 2.45) is 0 Å². The van der Waals surface area contributed by atoms with E-state index >= 15 is 0 Å². The lowest BCUT2D eigenvalue weighted by atomic mass is 10.4. The van der Waals surface area contributed by atoms with Crippen LogP contribution in [0.1, 0.15) is 6.92 Å². The van der Waals surface area contributed by atoms with Crippen molar-refractivity contribution in [2.75, 3.05) is 20.6 Å². The van der Waals surface area contributed by atoms with E-state index in [1.165, 1.54) is 0 Å². The summed E-state index contributed by atoms with van der Waals surface area (Å²) in [5.41, 5.74) is 0. The predicted molar refractivity (Wildman–Crippen MR) is 57.2 cm³/mol. The van der Waals surface area contributed by atoms with E-state index in [0.717, 1.165) is 6.54 Å². The number of halogens is 1. The van der Waals surface area contributed by atoms with E-state index in [9.17, 15) is 0 Å². The highest BCUT2D eigenvalue weighted by molar-refractivity contribution is 6.30. The second-order valence-electron chi connectivity index (χ2n) is 2.40. The van der Waals surface area contributed by atoms with Gasteiger partial charge >= 0.3 is 0 Å². The van der Waals surface area contributed by atoms with Crippen LogP contribution in [0.4, 0.5) is 0 Å². The molecule has 0 aromatic carbocycles. The van der Waals surface area contributed by atoms with Crippen LogP contribution in [0, 0.1) is 12.3 Å². The molecule has 0 rings (SSSR count). The van der Waals surface area contributed by atoms with Gasteiger partial charge in [0.1, 0.15) is 0 Å². The largest absolute Gasteiger partial charge is 0.306 e. The quantitative estimate of drug-likeness (QED) is 0.483. The first-order chi connectivity index (χ1) is 5.54. The fourth-order valence-corrected chi connectivity index (χ4v) is 0.480. The lowest BCUT2D eigenvalue weighted by Gasteiger charge is -2.02. The van der Waals surface area contributed by atoms with E-state index in [2.05, 4.69) is 23.8 Å². The van der Waals surface area contributed by atoms with Crippen LogP contribution in [0.2, 0.25) is 0 Å². The van der Waals surface area contributed by atoms with Gasteiger partial charge in [-0.05, 0) is 27.1 Å². The topological polar surface area (TPSA) is 3.24 Å². The highest BCUT2D eigenvalue weighted by atomic mass is 35.5. The molecule has 0 aliphatic rings. The maximum absolute atomic E-state index is 5.46. The van der Waals surface area contributed by atoms with Gasteiger partial charge in [0, 0.05) is 11.6 Å². The van der Waals surface area contributed by atoms with Crippen molar-refractivity contribution in [1.29, 1.82) is 0 Å². The van der Waals surface area contributed by atoms with Crippen LogP contribution in [-0.4, -0.2) is 25.5 Å². The van der Waals surface area contributed by atoms with Crippen molar-refractivity contribution >= 4 is 11.6 Å². The zero-order chi connectivity index (χ0) is 9.98. The fraction of sp³-hybridized carbons (Fsp3) is 0.400. The van der Waals surface area contributed by atoms with Crippen LogP contribution < -0.4 is 0 Å². The molecule has 0 bridgehead atoms. The first-order valence-corrected chi connectivity index (χ1v) is 3.95. The molecule has 0 aromatic heterocycles. The maximum atomic E-state index is 5.46. The van der Waals surface area contributed by atoms with Crippen LogP contribution in [-0.2, 0) is 0 Å². The van der Waals surface area contributed by atoms with Crippen molar-refractivity contribution in [2.45, 2.75) is 6.92 Å². The zero-order valence-electron chi connectivity index (χ0n) is 7.97. The summed E-state index contributed by atoms with van der Waals surface area (Å²) in [6, 6.07) is 0. The molecule has 0 radical (unpaired) electrons. The molecule has 0 heterocycles. The fourth-order valence-electron chi connectivity index (χ4n) is 0.391. The number of rotatable bonds is 3. The smallest absolute Gasteiger partial charge is 0.0331 e. The molecule has 0 N–H and O–H groups in total. The standard InChI is InChI=1S/C7H12ClN.C3H4/c1-7(8)5-4-6-9(2)3;1-3-2/h4-5H,1,6H2,2-3H3;1H,2H3/b5-4-;. The molecule has 0 aliphatic heterocycles. The Balaban J connectivity index is 0. The molecule has 12 heavy (non-hydrogen) atoms. The minimum atomic E-state index is 0.580. The zero-order valence-corrected chi connectivity index (χ0v) is 8.73. The van der Waals surface area contributed by atoms with E-state index in [4.69, 9.17) is 11.6 Å². The lowest BCUT2D eigenvalue weighted by molar-refractivity contribution is 0.456. The van der Waals surface area contributed by atoms with Gasteiger partial charge in [-0.3, -0.25) is 0 Å². The average molecular weight is 186 g/mol. The Hall–Kier alpha value is -0.710. The third-order valence-corrected chi connectivity index (χ3v) is 0.895. The first kappa shape index (κ1) is 13.9. The van der Waals surface area contributed by atoms with Crippen molar-refractivity contribution in [3.05, 3.63) is 23.8 Å². The number of terminal acetylenes is 1. The van der Waals surface area contributed by atoms with Crippen molar-refractivity contribution < 1.29 is 0 Å². The summed E-state index contributed by atoms with van der Waals surface area (Å²) in [7, 11) is 4.00. The summed E-state index contributed by atoms with van der Waals surface area (Å²) in [6.45, 7) is 6.07. The summed E-state index contributed by atoms with van der Waals surface area (Å²) in [5.74, 6) is 2.25. The van der Waals surface area contributed by atoms with Gasteiger partial charge in [-0.15, -0.1) is 12.3 Å². The minimum absolute atomic E-state index is 0.580. The van der Waals surface area contributed by atoms with Crippen molar-refractivity contribution in [3.8, 4) is 12.3 Å². The van der Waals surface area contributed by atoms with Crippen LogP contribution >= 0.6 is 11.6 Å². The maximum Gasteiger partial charge on any atom is 0.0331 e.